The third-order valence-electron chi connectivity index (χ3n) is 6.41. The number of pyridine rings is 1. The van der Waals surface area contributed by atoms with Crippen LogP contribution in [-0.2, 0) is 6.54 Å². The number of H-pyrrole nitrogens is 1. The molecular formula is C30H33N3O6. The first-order valence-electron chi connectivity index (χ1n) is 12.9. The van der Waals surface area contributed by atoms with E-state index in [1.165, 1.54) is 17.0 Å². The number of carbonyl (C=O) groups is 1. The Morgan fingerprint density at radius 3 is 2.59 bits per heavy atom. The molecule has 0 radical (unpaired) electrons. The monoisotopic (exact) mass is 531 g/mol. The van der Waals surface area contributed by atoms with Crippen molar-refractivity contribution in [3.05, 3.63) is 100 Å². The molecule has 1 aromatic heterocycles. The van der Waals surface area contributed by atoms with Crippen LogP contribution in [-0.4, -0.2) is 46.1 Å². The van der Waals surface area contributed by atoms with E-state index < -0.39 is 12.2 Å². The maximum atomic E-state index is 11.8. The first-order valence-corrected chi connectivity index (χ1v) is 12.9. The van der Waals surface area contributed by atoms with Crippen LogP contribution in [0.1, 0.15) is 36.5 Å². The number of aliphatic hydroxyl groups excluding tert-OH is 1. The Morgan fingerprint density at radius 2 is 1.79 bits per heavy atom. The van der Waals surface area contributed by atoms with Gasteiger partial charge in [0.05, 0.1) is 30.5 Å². The number of ether oxygens (including phenoxy) is 1. The van der Waals surface area contributed by atoms with Crippen LogP contribution in [0.2, 0.25) is 0 Å². The number of phenols is 1. The fourth-order valence-corrected chi connectivity index (χ4v) is 4.39. The van der Waals surface area contributed by atoms with Crippen molar-refractivity contribution in [1.82, 2.24) is 10.3 Å². The Bertz CT molecular complexity index is 1440. The number of aromatic nitrogens is 1. The Morgan fingerprint density at radius 1 is 0.974 bits per heavy atom. The largest absolute Gasteiger partial charge is 0.506 e. The predicted octanol–water partition coefficient (Wildman–Crippen LogP) is 4.79. The number of hydrogen-bond donors (Lipinski definition) is 5. The summed E-state index contributed by atoms with van der Waals surface area (Å²) in [6.45, 7) is 1.82. The molecule has 39 heavy (non-hydrogen) atoms. The first-order chi connectivity index (χ1) is 18.9. The maximum absolute atomic E-state index is 11.8. The molecule has 3 aromatic carbocycles. The summed E-state index contributed by atoms with van der Waals surface area (Å²) in [5.74, 6) is 0.586. The number of carboxylic acid groups (broad SMARTS) is 1. The highest BCUT2D eigenvalue weighted by molar-refractivity contribution is 5.87. The number of aromatic hydroxyl groups is 1. The summed E-state index contributed by atoms with van der Waals surface area (Å²) in [6, 6.07) is 22.6. The molecule has 0 saturated carbocycles. The van der Waals surface area contributed by atoms with Crippen LogP contribution in [0.15, 0.2) is 83.7 Å². The van der Waals surface area contributed by atoms with E-state index in [0.29, 0.717) is 47.6 Å². The lowest BCUT2D eigenvalue weighted by Crippen LogP contribution is -2.28. The number of amides is 1. The second-order valence-electron chi connectivity index (χ2n) is 9.27. The molecule has 0 bridgehead atoms. The number of hydrogen-bond acceptors (Lipinski definition) is 6. The van der Waals surface area contributed by atoms with Gasteiger partial charge in [-0.15, -0.1) is 0 Å². The van der Waals surface area contributed by atoms with Crippen molar-refractivity contribution >= 4 is 22.7 Å². The fourth-order valence-electron chi connectivity index (χ4n) is 4.39. The minimum absolute atomic E-state index is 0.0352. The van der Waals surface area contributed by atoms with Gasteiger partial charge in [0.25, 0.3) is 0 Å². The van der Waals surface area contributed by atoms with Gasteiger partial charge in [0.1, 0.15) is 11.5 Å². The third kappa shape index (κ3) is 7.59. The fraction of sp³-hybridized carbons (Fsp3) is 0.267. The van der Waals surface area contributed by atoms with Crippen LogP contribution >= 0.6 is 0 Å². The molecule has 4 aromatic rings. The molecule has 9 nitrogen and oxygen atoms in total. The number of aliphatic hydroxyl groups is 1. The summed E-state index contributed by atoms with van der Waals surface area (Å²) in [4.78, 5) is 27.3. The van der Waals surface area contributed by atoms with Crippen LogP contribution in [0.5, 0.6) is 11.5 Å². The van der Waals surface area contributed by atoms with E-state index in [0.717, 1.165) is 24.8 Å². The topological polar surface area (TPSA) is 135 Å². The van der Waals surface area contributed by atoms with Crippen LogP contribution in [0.4, 0.5) is 10.5 Å². The van der Waals surface area contributed by atoms with Gasteiger partial charge >= 0.3 is 6.09 Å². The van der Waals surface area contributed by atoms with Gasteiger partial charge in [0, 0.05) is 24.1 Å². The van der Waals surface area contributed by atoms with Crippen molar-refractivity contribution < 1.29 is 24.9 Å². The number of benzene rings is 3. The van der Waals surface area contributed by atoms with Crippen molar-refractivity contribution in [3.63, 3.8) is 0 Å². The number of nitrogens with one attached hydrogen (secondary N) is 2. The average Bonchev–Trinajstić information content (AvgIpc) is 2.94. The highest BCUT2D eigenvalue weighted by Crippen LogP contribution is 2.28. The zero-order valence-electron chi connectivity index (χ0n) is 21.5. The number of unbranched alkanes of at least 4 members (excludes halogenated alkanes) is 2. The molecule has 1 atom stereocenters. The van der Waals surface area contributed by atoms with E-state index in [9.17, 15) is 24.9 Å². The molecule has 0 aliphatic carbocycles. The second kappa shape index (κ2) is 13.5. The summed E-state index contributed by atoms with van der Waals surface area (Å²) >= 11 is 0. The van der Waals surface area contributed by atoms with E-state index in [1.54, 1.807) is 30.3 Å². The van der Waals surface area contributed by atoms with Gasteiger partial charge in [-0.1, -0.05) is 42.5 Å². The maximum Gasteiger partial charge on any atom is 0.412 e. The lowest BCUT2D eigenvalue weighted by molar-refractivity contribution is 0.176. The van der Waals surface area contributed by atoms with Crippen LogP contribution in [0.25, 0.3) is 10.9 Å². The second-order valence-corrected chi connectivity index (χ2v) is 9.27. The summed E-state index contributed by atoms with van der Waals surface area (Å²) in [7, 11) is 0. The van der Waals surface area contributed by atoms with Gasteiger partial charge in [-0.25, -0.2) is 4.79 Å². The van der Waals surface area contributed by atoms with Gasteiger partial charge in [-0.3, -0.25) is 9.69 Å². The quantitative estimate of drug-likeness (QED) is 0.157. The number of aromatic amines is 1. The highest BCUT2D eigenvalue weighted by atomic mass is 16.5. The lowest BCUT2D eigenvalue weighted by atomic mass is 10.0. The minimum Gasteiger partial charge on any atom is -0.506 e. The molecule has 0 spiro atoms. The summed E-state index contributed by atoms with van der Waals surface area (Å²) in [5, 5.41) is 34.2. The Kier molecular flexibility index (Phi) is 9.55. The molecule has 0 unspecified atom stereocenters. The normalized spacial score (nSPS) is 11.8. The van der Waals surface area contributed by atoms with Crippen molar-refractivity contribution in [2.45, 2.75) is 31.9 Å². The Balaban J connectivity index is 1.18. The molecule has 1 amide bonds. The first kappa shape index (κ1) is 27.7. The van der Waals surface area contributed by atoms with Gasteiger partial charge in [-0.2, -0.15) is 0 Å². The zero-order chi connectivity index (χ0) is 27.6. The molecule has 0 saturated heterocycles. The summed E-state index contributed by atoms with van der Waals surface area (Å²) in [6.07, 6.45) is 0.825. The number of rotatable bonds is 13. The van der Waals surface area contributed by atoms with Crippen molar-refractivity contribution in [3.8, 4) is 11.5 Å². The average molecular weight is 532 g/mol. The van der Waals surface area contributed by atoms with Gasteiger partial charge < -0.3 is 30.4 Å². The highest BCUT2D eigenvalue weighted by Gasteiger charge is 2.16. The smallest absolute Gasteiger partial charge is 0.412 e. The Labute approximate surface area is 226 Å². The van der Waals surface area contributed by atoms with Gasteiger partial charge in [0.2, 0.25) is 5.56 Å². The number of nitrogens with zero attached hydrogens (tertiary/aromatic N) is 1. The minimum atomic E-state index is -1.03. The van der Waals surface area contributed by atoms with Crippen molar-refractivity contribution in [2.24, 2.45) is 0 Å². The SMILES string of the molecule is O=C(O)N(Cc1ccccc1)c1cccc(OCCCCCNC[C@H](O)c2ccc(O)c3[nH]c(=O)ccc23)c1. The van der Waals surface area contributed by atoms with Crippen molar-refractivity contribution in [2.75, 3.05) is 24.6 Å². The number of anilines is 1. The number of fused-ring (bicyclic) bond motifs is 1. The molecule has 5 N–H and O–H groups in total. The molecule has 0 aliphatic rings. The molecule has 1 heterocycles. The third-order valence-corrected chi connectivity index (χ3v) is 6.41. The van der Waals surface area contributed by atoms with Crippen LogP contribution in [0, 0.1) is 0 Å². The molecular weight excluding hydrogens is 498 g/mol. The van der Waals surface area contributed by atoms with E-state index in [-0.39, 0.29) is 17.9 Å². The molecule has 9 heteroatoms. The van der Waals surface area contributed by atoms with Crippen LogP contribution < -0.4 is 20.5 Å². The molecule has 0 fully saturated rings. The van der Waals surface area contributed by atoms with Crippen molar-refractivity contribution in [1.29, 1.82) is 0 Å². The van der Waals surface area contributed by atoms with E-state index in [1.807, 2.05) is 36.4 Å². The summed E-state index contributed by atoms with van der Waals surface area (Å²) in [5.41, 5.74) is 2.09. The zero-order valence-corrected chi connectivity index (χ0v) is 21.5. The molecule has 4 rings (SSSR count). The van der Waals surface area contributed by atoms with Gasteiger partial charge in [-0.05, 0) is 61.2 Å². The van der Waals surface area contributed by atoms with Gasteiger partial charge in [0.15, 0.2) is 0 Å². The Hall–Kier alpha value is -4.34. The van der Waals surface area contributed by atoms with E-state index in [4.69, 9.17) is 4.74 Å². The van der Waals surface area contributed by atoms with Crippen LogP contribution in [0.3, 0.4) is 0 Å². The standard InChI is InChI=1S/C30H33N3O6/c34-26-14-12-24(25-13-15-28(36)32-29(25)26)27(35)19-31-16-5-2-6-17-39-23-11-7-10-22(18-23)33(30(37)38)20-21-8-3-1-4-9-21/h1,3-4,7-15,18,27,31,34-35H,2,5-6,16-17,19-20H2,(H,32,36)(H,37,38)/t27-/m0/s1. The molecule has 0 aliphatic heterocycles. The predicted molar refractivity (Wildman–Crippen MR) is 151 cm³/mol. The summed E-state index contributed by atoms with van der Waals surface area (Å²) < 4.78 is 5.86. The van der Waals surface area contributed by atoms with E-state index in [2.05, 4.69) is 10.3 Å². The lowest BCUT2D eigenvalue weighted by Gasteiger charge is -2.20. The number of phenolic OH excluding ortho intramolecular Hbond substituents is 1. The van der Waals surface area contributed by atoms with E-state index >= 15 is 0 Å². The molecule has 204 valence electrons.